The first-order valence-corrected chi connectivity index (χ1v) is 13.4. The van der Waals surface area contributed by atoms with Crippen LogP contribution in [-0.2, 0) is 9.53 Å². The van der Waals surface area contributed by atoms with Crippen molar-refractivity contribution in [2.24, 2.45) is 5.92 Å². The van der Waals surface area contributed by atoms with Gasteiger partial charge < -0.3 is 14.8 Å². The Morgan fingerprint density at radius 1 is 0.838 bits per heavy atom. The van der Waals surface area contributed by atoms with Crippen molar-refractivity contribution in [1.29, 1.82) is 0 Å². The van der Waals surface area contributed by atoms with Crippen molar-refractivity contribution in [1.82, 2.24) is 5.32 Å². The van der Waals surface area contributed by atoms with Crippen LogP contribution in [0.5, 0.6) is 11.5 Å². The van der Waals surface area contributed by atoms with E-state index in [1.165, 1.54) is 19.3 Å². The molecule has 0 aliphatic heterocycles. The maximum Gasteiger partial charge on any atom is 0.341 e. The van der Waals surface area contributed by atoms with E-state index in [4.69, 9.17) is 9.47 Å². The van der Waals surface area contributed by atoms with Crippen LogP contribution in [0.25, 0.3) is 11.1 Å². The quantitative estimate of drug-likeness (QED) is 0.190. The van der Waals surface area contributed by atoms with E-state index in [0.29, 0.717) is 23.7 Å². The van der Waals surface area contributed by atoms with E-state index in [9.17, 15) is 9.59 Å². The normalized spacial score (nSPS) is 12.4. The summed E-state index contributed by atoms with van der Waals surface area (Å²) in [4.78, 5) is 24.9. The number of para-hydroxylation sites is 1. The first-order chi connectivity index (χ1) is 17.9. The summed E-state index contributed by atoms with van der Waals surface area (Å²) in [5, 5.41) is 3.18. The molecule has 5 heteroatoms. The smallest absolute Gasteiger partial charge is 0.341 e. The number of ether oxygens (including phenoxy) is 2. The number of nitrogens with one attached hydrogen (secondary N) is 1. The van der Waals surface area contributed by atoms with E-state index < -0.39 is 5.97 Å². The van der Waals surface area contributed by atoms with Crippen LogP contribution in [0.2, 0.25) is 0 Å². The molecule has 3 aromatic rings. The van der Waals surface area contributed by atoms with E-state index in [-0.39, 0.29) is 17.9 Å². The lowest BCUT2D eigenvalue weighted by molar-refractivity contribution is -0.125. The fourth-order valence-corrected chi connectivity index (χ4v) is 4.21. The van der Waals surface area contributed by atoms with Gasteiger partial charge in [0.1, 0.15) is 17.1 Å². The minimum Gasteiger partial charge on any atom is -0.462 e. The number of hydrogen-bond donors (Lipinski definition) is 1. The molecular formula is C32H39NO4. The van der Waals surface area contributed by atoms with Crippen molar-refractivity contribution in [3.8, 4) is 22.6 Å². The summed E-state index contributed by atoms with van der Waals surface area (Å²) in [6.45, 7) is 8.32. The largest absolute Gasteiger partial charge is 0.462 e. The highest BCUT2D eigenvalue weighted by Gasteiger charge is 2.17. The van der Waals surface area contributed by atoms with Gasteiger partial charge in [-0.15, -0.1) is 0 Å². The average molecular weight is 502 g/mol. The second-order valence-corrected chi connectivity index (χ2v) is 9.45. The minimum atomic E-state index is -0.404. The summed E-state index contributed by atoms with van der Waals surface area (Å²) >= 11 is 0. The third kappa shape index (κ3) is 8.21. The molecular weight excluding hydrogens is 462 g/mol. The Bertz CT molecular complexity index is 1160. The van der Waals surface area contributed by atoms with Gasteiger partial charge in [-0.1, -0.05) is 82.0 Å². The van der Waals surface area contributed by atoms with Gasteiger partial charge in [0.15, 0.2) is 0 Å². The highest BCUT2D eigenvalue weighted by Crippen LogP contribution is 2.29. The van der Waals surface area contributed by atoms with Gasteiger partial charge in [-0.3, -0.25) is 4.79 Å². The zero-order valence-electron chi connectivity index (χ0n) is 22.5. The van der Waals surface area contributed by atoms with Gasteiger partial charge in [-0.05, 0) is 67.3 Å². The molecule has 0 aliphatic rings. The predicted molar refractivity (Wildman–Crippen MR) is 149 cm³/mol. The van der Waals surface area contributed by atoms with Crippen LogP contribution < -0.4 is 10.1 Å². The molecule has 0 radical (unpaired) electrons. The van der Waals surface area contributed by atoms with Crippen molar-refractivity contribution in [2.75, 3.05) is 6.61 Å². The Morgan fingerprint density at radius 3 is 2.32 bits per heavy atom. The van der Waals surface area contributed by atoms with Crippen LogP contribution in [0.3, 0.4) is 0 Å². The van der Waals surface area contributed by atoms with Crippen molar-refractivity contribution in [2.45, 2.75) is 65.8 Å². The van der Waals surface area contributed by atoms with Crippen molar-refractivity contribution in [3.63, 3.8) is 0 Å². The third-order valence-corrected chi connectivity index (χ3v) is 6.48. The van der Waals surface area contributed by atoms with Gasteiger partial charge in [0.2, 0.25) is 5.91 Å². The second-order valence-electron chi connectivity index (χ2n) is 9.45. The number of hydrogen-bond acceptors (Lipinski definition) is 4. The Kier molecular flexibility index (Phi) is 10.8. The first kappa shape index (κ1) is 28.0. The molecule has 0 aliphatic carbocycles. The molecule has 0 heterocycles. The maximum absolute atomic E-state index is 12.7. The summed E-state index contributed by atoms with van der Waals surface area (Å²) in [5.41, 5.74) is 3.56. The molecule has 0 saturated heterocycles. The lowest BCUT2D eigenvalue weighted by Gasteiger charge is -2.19. The predicted octanol–water partition coefficient (Wildman–Crippen LogP) is 8.11. The number of carbonyl (C=O) groups excluding carboxylic acids is 2. The van der Waals surface area contributed by atoms with Gasteiger partial charge in [0.05, 0.1) is 12.6 Å². The summed E-state index contributed by atoms with van der Waals surface area (Å²) in [7, 11) is 0. The number of benzene rings is 3. The van der Waals surface area contributed by atoms with E-state index in [1.54, 1.807) is 25.1 Å². The Morgan fingerprint density at radius 2 is 1.59 bits per heavy atom. The topological polar surface area (TPSA) is 64.6 Å². The summed E-state index contributed by atoms with van der Waals surface area (Å²) in [6, 6.07) is 23.0. The Balaban J connectivity index is 1.65. The molecule has 1 amide bonds. The molecule has 1 N–H and O–H groups in total. The molecule has 196 valence electrons. The Labute approximate surface area is 221 Å². The number of carbonyl (C=O) groups is 2. The molecule has 0 bridgehead atoms. The number of rotatable bonds is 13. The van der Waals surface area contributed by atoms with E-state index in [0.717, 1.165) is 29.5 Å². The highest BCUT2D eigenvalue weighted by molar-refractivity contribution is 5.92. The maximum atomic E-state index is 12.7. The summed E-state index contributed by atoms with van der Waals surface area (Å²) in [5.74, 6) is 0.812. The van der Waals surface area contributed by atoms with Gasteiger partial charge in [0.25, 0.3) is 0 Å². The summed E-state index contributed by atoms with van der Waals surface area (Å²) in [6.07, 6.45) is 5.64. The molecule has 3 rings (SSSR count). The van der Waals surface area contributed by atoms with Crippen LogP contribution in [0.4, 0.5) is 0 Å². The monoisotopic (exact) mass is 501 g/mol. The lowest BCUT2D eigenvalue weighted by Crippen LogP contribution is -2.31. The highest BCUT2D eigenvalue weighted by atomic mass is 16.5. The Hall–Kier alpha value is -3.60. The standard InChI is InChI=1S/C32H39NO4/c1-5-7-8-9-13-23(3)31(34)33-24(4)26-14-12-15-27(22-26)25-18-20-28(21-19-25)37-30-17-11-10-16-29(30)32(35)36-6-2/h10-12,14-24H,5-9,13H2,1-4H3,(H,33,34). The molecule has 0 fully saturated rings. The zero-order chi connectivity index (χ0) is 26.6. The molecule has 0 spiro atoms. The molecule has 5 nitrogen and oxygen atoms in total. The van der Waals surface area contributed by atoms with Crippen molar-refractivity contribution < 1.29 is 19.1 Å². The summed E-state index contributed by atoms with van der Waals surface area (Å²) < 4.78 is 11.1. The lowest BCUT2D eigenvalue weighted by atomic mass is 9.98. The molecule has 0 aromatic heterocycles. The van der Waals surface area contributed by atoms with Gasteiger partial charge >= 0.3 is 5.97 Å². The molecule has 0 saturated carbocycles. The molecule has 37 heavy (non-hydrogen) atoms. The van der Waals surface area contributed by atoms with E-state index in [2.05, 4.69) is 24.4 Å². The fraction of sp³-hybridized carbons (Fsp3) is 0.375. The molecule has 2 atom stereocenters. The van der Waals surface area contributed by atoms with Crippen LogP contribution in [0.1, 0.15) is 81.8 Å². The SMILES string of the molecule is CCCCCCC(C)C(=O)NC(C)c1cccc(-c2ccc(Oc3ccccc3C(=O)OCC)cc2)c1. The van der Waals surface area contributed by atoms with Gasteiger partial charge in [-0.2, -0.15) is 0 Å². The van der Waals surface area contributed by atoms with Crippen LogP contribution in [-0.4, -0.2) is 18.5 Å². The number of unbranched alkanes of at least 4 members (excludes halogenated alkanes) is 3. The van der Waals surface area contributed by atoms with Gasteiger partial charge in [0, 0.05) is 5.92 Å². The van der Waals surface area contributed by atoms with Crippen molar-refractivity contribution in [3.05, 3.63) is 83.9 Å². The van der Waals surface area contributed by atoms with Crippen molar-refractivity contribution >= 4 is 11.9 Å². The minimum absolute atomic E-state index is 0.0176. The van der Waals surface area contributed by atoms with E-state index >= 15 is 0 Å². The van der Waals surface area contributed by atoms with E-state index in [1.807, 2.05) is 56.3 Å². The molecule has 2 unspecified atom stereocenters. The molecule has 3 aromatic carbocycles. The number of esters is 1. The zero-order valence-corrected chi connectivity index (χ0v) is 22.5. The third-order valence-electron chi connectivity index (χ3n) is 6.48. The average Bonchev–Trinajstić information content (AvgIpc) is 2.92. The van der Waals surface area contributed by atoms with Crippen LogP contribution in [0.15, 0.2) is 72.8 Å². The van der Waals surface area contributed by atoms with Crippen LogP contribution >= 0.6 is 0 Å². The van der Waals surface area contributed by atoms with Gasteiger partial charge in [-0.25, -0.2) is 4.79 Å². The number of amides is 1. The first-order valence-electron chi connectivity index (χ1n) is 13.4. The fourth-order valence-electron chi connectivity index (χ4n) is 4.21. The van der Waals surface area contributed by atoms with Crippen LogP contribution in [0, 0.1) is 5.92 Å². The second kappa shape index (κ2) is 14.2.